The summed E-state index contributed by atoms with van der Waals surface area (Å²) in [5.74, 6) is 0.537. The average Bonchev–Trinajstić information content (AvgIpc) is 2.35. The van der Waals surface area contributed by atoms with Crippen LogP contribution in [0.2, 0.25) is 0 Å². The Labute approximate surface area is 94.2 Å². The number of allylic oxidation sites excluding steroid dienone is 2. The van der Waals surface area contributed by atoms with Crippen LogP contribution in [0.1, 0.15) is 5.56 Å². The van der Waals surface area contributed by atoms with Gasteiger partial charge in [-0.05, 0) is 11.6 Å². The zero-order valence-corrected chi connectivity index (χ0v) is 8.97. The summed E-state index contributed by atoms with van der Waals surface area (Å²) in [6, 6.07) is 5.37. The van der Waals surface area contributed by atoms with Crippen LogP contribution in [0.15, 0.2) is 42.2 Å². The molecule has 0 fully saturated rings. The zero-order valence-electron chi connectivity index (χ0n) is 8.97. The highest BCUT2D eigenvalue weighted by atomic mass is 16.5. The molecule has 16 heavy (non-hydrogen) atoms. The summed E-state index contributed by atoms with van der Waals surface area (Å²) in [6.07, 6.45) is 3.11. The van der Waals surface area contributed by atoms with Crippen molar-refractivity contribution in [3.05, 3.63) is 42.7 Å². The average molecular weight is 213 g/mol. The minimum atomic E-state index is 0.141. The lowest BCUT2D eigenvalue weighted by atomic mass is 10.1. The minimum Gasteiger partial charge on any atom is -0.481 e. The fourth-order valence-electron chi connectivity index (χ4n) is 0.950. The van der Waals surface area contributed by atoms with Gasteiger partial charge >= 0.3 is 0 Å². The topological polar surface area (TPSA) is 58.3 Å². The molecule has 1 aromatic rings. The number of nitrogens with zero attached hydrogens (tertiary/aromatic N) is 3. The number of aliphatic imine (C=N–C) groups is 1. The van der Waals surface area contributed by atoms with E-state index in [1.54, 1.807) is 19.4 Å². The maximum Gasteiger partial charge on any atom is 0.212 e. The summed E-state index contributed by atoms with van der Waals surface area (Å²) in [6.45, 7) is 7.24. The molecule has 0 aromatic carbocycles. The molecule has 0 unspecified atom stereocenters. The van der Waals surface area contributed by atoms with Gasteiger partial charge in [0.2, 0.25) is 5.88 Å². The third kappa shape index (κ3) is 3.07. The normalized spacial score (nSPS) is 9.75. The van der Waals surface area contributed by atoms with Crippen LogP contribution in [0, 0.1) is 11.3 Å². The van der Waals surface area contributed by atoms with Crippen LogP contribution >= 0.6 is 0 Å². The second kappa shape index (κ2) is 5.47. The molecule has 0 atom stereocenters. The summed E-state index contributed by atoms with van der Waals surface area (Å²) in [7, 11) is 1.55. The van der Waals surface area contributed by atoms with Crippen LogP contribution in [-0.2, 0) is 0 Å². The van der Waals surface area contributed by atoms with Crippen LogP contribution in [0.4, 0.5) is 0 Å². The molecular formula is C12H11N3O. The van der Waals surface area contributed by atoms with Gasteiger partial charge < -0.3 is 4.74 Å². The first kappa shape index (κ1) is 11.7. The predicted octanol–water partition coefficient (Wildman–Crippen LogP) is 2.21. The van der Waals surface area contributed by atoms with E-state index in [0.29, 0.717) is 11.5 Å². The third-order valence-electron chi connectivity index (χ3n) is 1.82. The fourth-order valence-corrected chi connectivity index (χ4v) is 0.950. The number of hydrogen-bond acceptors (Lipinski definition) is 4. The van der Waals surface area contributed by atoms with E-state index in [4.69, 9.17) is 10.00 Å². The summed E-state index contributed by atoms with van der Waals surface area (Å²) in [5.41, 5.74) is 1.62. The Balaban J connectivity index is 2.78. The van der Waals surface area contributed by atoms with Gasteiger partial charge in [-0.3, -0.25) is 0 Å². The Hall–Kier alpha value is -2.41. The van der Waals surface area contributed by atoms with Crippen molar-refractivity contribution in [1.29, 1.82) is 5.26 Å². The number of aromatic nitrogens is 1. The Bertz CT molecular complexity index is 466. The van der Waals surface area contributed by atoms with Gasteiger partial charge in [-0.1, -0.05) is 13.2 Å². The molecule has 0 spiro atoms. The molecule has 0 radical (unpaired) electrons. The number of nitriles is 1. The second-order valence-electron chi connectivity index (χ2n) is 2.93. The summed E-state index contributed by atoms with van der Waals surface area (Å²) in [4.78, 5) is 7.86. The van der Waals surface area contributed by atoms with E-state index in [9.17, 15) is 0 Å². The van der Waals surface area contributed by atoms with Crippen LogP contribution < -0.4 is 4.74 Å². The molecule has 4 nitrogen and oxygen atoms in total. The summed E-state index contributed by atoms with van der Waals surface area (Å²) < 4.78 is 4.93. The van der Waals surface area contributed by atoms with Crippen molar-refractivity contribution in [2.24, 2.45) is 4.99 Å². The van der Waals surface area contributed by atoms with E-state index >= 15 is 0 Å². The maximum atomic E-state index is 8.46. The third-order valence-corrected chi connectivity index (χ3v) is 1.82. The van der Waals surface area contributed by atoms with Gasteiger partial charge in [0.05, 0.1) is 7.11 Å². The first-order chi connectivity index (χ1) is 7.67. The molecule has 0 N–H and O–H groups in total. The highest BCUT2D eigenvalue weighted by Crippen LogP contribution is 2.13. The quantitative estimate of drug-likeness (QED) is 0.569. The largest absolute Gasteiger partial charge is 0.481 e. The highest BCUT2D eigenvalue weighted by molar-refractivity contribution is 6.09. The van der Waals surface area contributed by atoms with Crippen molar-refractivity contribution >= 4 is 11.8 Å². The summed E-state index contributed by atoms with van der Waals surface area (Å²) in [5, 5.41) is 8.46. The number of rotatable bonds is 4. The van der Waals surface area contributed by atoms with Gasteiger partial charge in [0, 0.05) is 24.0 Å². The molecular weight excluding hydrogens is 202 g/mol. The molecule has 0 bridgehead atoms. The smallest absolute Gasteiger partial charge is 0.212 e. The van der Waals surface area contributed by atoms with E-state index in [0.717, 1.165) is 5.56 Å². The van der Waals surface area contributed by atoms with E-state index in [1.807, 2.05) is 12.1 Å². The van der Waals surface area contributed by atoms with Crippen molar-refractivity contribution in [2.75, 3.05) is 7.11 Å². The molecule has 0 saturated carbocycles. The molecule has 80 valence electrons. The highest BCUT2D eigenvalue weighted by Gasteiger charge is 1.97. The Morgan fingerprint density at radius 2 is 2.31 bits per heavy atom. The first-order valence-electron chi connectivity index (χ1n) is 4.49. The molecule has 1 aromatic heterocycles. The van der Waals surface area contributed by atoms with Gasteiger partial charge in [-0.2, -0.15) is 5.26 Å². The number of ether oxygens (including phenoxy) is 1. The van der Waals surface area contributed by atoms with Gasteiger partial charge in [0.1, 0.15) is 11.8 Å². The van der Waals surface area contributed by atoms with E-state index < -0.39 is 0 Å². The van der Waals surface area contributed by atoms with Crippen molar-refractivity contribution in [2.45, 2.75) is 0 Å². The molecule has 0 aliphatic heterocycles. The van der Waals surface area contributed by atoms with Crippen LogP contribution in [0.3, 0.4) is 0 Å². The lowest BCUT2D eigenvalue weighted by Crippen LogP contribution is -1.90. The molecule has 1 heterocycles. The van der Waals surface area contributed by atoms with E-state index in [-0.39, 0.29) is 5.70 Å². The molecule has 1 rings (SSSR count). The van der Waals surface area contributed by atoms with Crippen LogP contribution in [-0.4, -0.2) is 18.3 Å². The molecule has 0 amide bonds. The Morgan fingerprint density at radius 3 is 2.81 bits per heavy atom. The van der Waals surface area contributed by atoms with Crippen molar-refractivity contribution in [1.82, 2.24) is 4.98 Å². The maximum absolute atomic E-state index is 8.46. The number of methoxy groups -OCH3 is 1. The van der Waals surface area contributed by atoms with Crippen molar-refractivity contribution in [3.8, 4) is 11.9 Å². The van der Waals surface area contributed by atoms with Crippen LogP contribution in [0.25, 0.3) is 5.57 Å². The SMILES string of the molecule is C=C(C#N)/N=C/C(=C)c1ccc(OC)nc1. The monoisotopic (exact) mass is 213 g/mol. The van der Waals surface area contributed by atoms with Gasteiger partial charge in [0.25, 0.3) is 0 Å². The fraction of sp³-hybridized carbons (Fsp3) is 0.0833. The second-order valence-corrected chi connectivity index (χ2v) is 2.93. The lowest BCUT2D eigenvalue weighted by Gasteiger charge is -2.01. The van der Waals surface area contributed by atoms with Crippen molar-refractivity contribution in [3.63, 3.8) is 0 Å². The Morgan fingerprint density at radius 1 is 1.56 bits per heavy atom. The standard InChI is InChI=1S/C12H11N3O/c1-9(7-14-10(2)6-13)11-4-5-12(16-3)15-8-11/h4-5,7-8H,1-2H2,3H3/b14-7+. The molecule has 0 aliphatic carbocycles. The van der Waals surface area contributed by atoms with Crippen molar-refractivity contribution < 1.29 is 4.74 Å². The first-order valence-corrected chi connectivity index (χ1v) is 4.49. The molecule has 0 aliphatic rings. The predicted molar refractivity (Wildman–Crippen MR) is 63.1 cm³/mol. The van der Waals surface area contributed by atoms with Crippen LogP contribution in [0.5, 0.6) is 5.88 Å². The van der Waals surface area contributed by atoms with Gasteiger partial charge in [-0.15, -0.1) is 0 Å². The van der Waals surface area contributed by atoms with Gasteiger partial charge in [-0.25, -0.2) is 9.98 Å². The Kier molecular flexibility index (Phi) is 3.98. The van der Waals surface area contributed by atoms with Gasteiger partial charge in [0.15, 0.2) is 0 Å². The number of hydrogen-bond donors (Lipinski definition) is 0. The molecule has 4 heteroatoms. The van der Waals surface area contributed by atoms with E-state index in [1.165, 1.54) is 6.21 Å². The minimum absolute atomic E-state index is 0.141. The molecule has 0 saturated heterocycles. The summed E-state index contributed by atoms with van der Waals surface area (Å²) >= 11 is 0. The number of pyridine rings is 1. The lowest BCUT2D eigenvalue weighted by molar-refractivity contribution is 0.398. The zero-order chi connectivity index (χ0) is 12.0. The van der Waals surface area contributed by atoms with E-state index in [2.05, 4.69) is 23.1 Å².